The number of nitrogens with zero attached hydrogens (tertiary/aromatic N) is 1. The molecule has 0 aliphatic carbocycles. The zero-order valence-electron chi connectivity index (χ0n) is 20.0. The molecule has 0 heterocycles. The van der Waals surface area contributed by atoms with Gasteiger partial charge in [0.25, 0.3) is 0 Å². The first-order valence-corrected chi connectivity index (χ1v) is 11.7. The van der Waals surface area contributed by atoms with Crippen molar-refractivity contribution in [2.45, 2.75) is 93.9 Å². The molecule has 2 atom stereocenters. The summed E-state index contributed by atoms with van der Waals surface area (Å²) in [7, 11) is -3.73. The molecule has 0 unspecified atom stereocenters. The Balaban J connectivity index is 6.00. The molecule has 0 radical (unpaired) electrons. The lowest BCUT2D eigenvalue weighted by Crippen LogP contribution is -2.51. The Hall–Kier alpha value is -1.11. The minimum Gasteiger partial charge on any atom is -0.478 e. The number of carbonyl (C=O) groups is 1. The number of amides is 1. The summed E-state index contributed by atoms with van der Waals surface area (Å²) in [5.41, 5.74) is -0.987. The van der Waals surface area contributed by atoms with Gasteiger partial charge in [-0.05, 0) is 53.9 Å². The van der Waals surface area contributed by atoms with Crippen LogP contribution in [0.2, 0.25) is 0 Å². The van der Waals surface area contributed by atoms with E-state index in [0.29, 0.717) is 0 Å². The first-order chi connectivity index (χ1) is 13.0. The van der Waals surface area contributed by atoms with E-state index in [1.165, 1.54) is 0 Å². The third kappa shape index (κ3) is 11.0. The van der Waals surface area contributed by atoms with Crippen LogP contribution in [0.5, 0.6) is 0 Å². The normalized spacial score (nSPS) is 15.8. The molecule has 0 fully saturated rings. The van der Waals surface area contributed by atoms with E-state index in [9.17, 15) is 9.36 Å². The van der Waals surface area contributed by atoms with Gasteiger partial charge in [-0.1, -0.05) is 27.7 Å². The highest BCUT2D eigenvalue weighted by Gasteiger charge is 2.38. The molecular formula is C20H41N2O6P. The highest BCUT2D eigenvalue weighted by molar-refractivity contribution is 7.52. The van der Waals surface area contributed by atoms with Crippen molar-refractivity contribution in [3.8, 4) is 0 Å². The monoisotopic (exact) mass is 436 g/mol. The average molecular weight is 437 g/mol. The van der Waals surface area contributed by atoms with Crippen molar-refractivity contribution in [3.63, 3.8) is 0 Å². The number of hydrogen-bond acceptors (Lipinski definition) is 6. The third-order valence-corrected chi connectivity index (χ3v) is 5.27. The molecule has 0 aromatic heterocycles. The van der Waals surface area contributed by atoms with Crippen LogP contribution in [0.4, 0.5) is 4.79 Å². The minimum atomic E-state index is -3.73. The van der Waals surface area contributed by atoms with Crippen molar-refractivity contribution in [2.75, 3.05) is 13.2 Å². The van der Waals surface area contributed by atoms with Crippen LogP contribution in [0.3, 0.4) is 0 Å². The highest BCUT2D eigenvalue weighted by Crippen LogP contribution is 2.50. The summed E-state index contributed by atoms with van der Waals surface area (Å²) >= 11 is 0. The van der Waals surface area contributed by atoms with Crippen molar-refractivity contribution in [1.82, 2.24) is 5.32 Å². The van der Waals surface area contributed by atoms with E-state index in [2.05, 4.69) is 10.1 Å². The zero-order valence-corrected chi connectivity index (χ0v) is 20.9. The molecule has 1 amide bonds. The van der Waals surface area contributed by atoms with Gasteiger partial charge in [0.15, 0.2) is 5.90 Å². The van der Waals surface area contributed by atoms with E-state index in [-0.39, 0.29) is 30.6 Å². The Labute approximate surface area is 176 Å². The lowest BCUT2D eigenvalue weighted by molar-refractivity contribution is 0.0440. The van der Waals surface area contributed by atoms with Crippen LogP contribution in [-0.2, 0) is 23.1 Å². The molecule has 0 aliphatic heterocycles. The van der Waals surface area contributed by atoms with E-state index in [1.807, 2.05) is 41.5 Å². The number of nitrogens with one attached hydrogen (secondary N) is 1. The van der Waals surface area contributed by atoms with Crippen molar-refractivity contribution in [3.05, 3.63) is 0 Å². The molecule has 0 rings (SSSR count). The highest BCUT2D eigenvalue weighted by atomic mass is 31.2. The van der Waals surface area contributed by atoms with E-state index in [0.717, 1.165) is 0 Å². The van der Waals surface area contributed by atoms with Gasteiger partial charge in [0, 0.05) is 6.04 Å². The van der Waals surface area contributed by atoms with E-state index >= 15 is 0 Å². The Kier molecular flexibility index (Phi) is 10.9. The van der Waals surface area contributed by atoms with Gasteiger partial charge in [0.05, 0.1) is 25.2 Å². The number of carbonyl (C=O) groups excluding carboxylic acids is 1. The molecule has 0 bridgehead atoms. The summed E-state index contributed by atoms with van der Waals surface area (Å²) in [4.78, 5) is 12.4. The van der Waals surface area contributed by atoms with Crippen LogP contribution in [-0.4, -0.2) is 43.0 Å². The second-order valence-electron chi connectivity index (χ2n) is 9.19. The second kappa shape index (κ2) is 11.3. The summed E-state index contributed by atoms with van der Waals surface area (Å²) in [6.45, 7) is 20.7. The Morgan fingerprint density at radius 2 is 1.48 bits per heavy atom. The van der Waals surface area contributed by atoms with Gasteiger partial charge >= 0.3 is 13.8 Å². The van der Waals surface area contributed by atoms with Crippen molar-refractivity contribution in [1.29, 1.82) is 0 Å². The third-order valence-electron chi connectivity index (χ3n) is 3.66. The van der Waals surface area contributed by atoms with Crippen LogP contribution in [0.15, 0.2) is 4.76 Å². The minimum absolute atomic E-state index is 0.184. The molecule has 29 heavy (non-hydrogen) atoms. The van der Waals surface area contributed by atoms with Crippen LogP contribution in [0.1, 0.15) is 76.2 Å². The molecule has 0 aliphatic rings. The van der Waals surface area contributed by atoms with Gasteiger partial charge in [0.2, 0.25) is 0 Å². The topological polar surface area (TPSA) is 95.5 Å². The summed E-state index contributed by atoms with van der Waals surface area (Å²) in [5, 5.41) is 2.92. The Bertz CT molecular complexity index is 583. The maximum absolute atomic E-state index is 13.0. The molecule has 0 saturated carbocycles. The fourth-order valence-corrected chi connectivity index (χ4v) is 3.99. The fourth-order valence-electron chi connectivity index (χ4n) is 2.67. The zero-order chi connectivity index (χ0) is 23.0. The van der Waals surface area contributed by atoms with E-state index < -0.39 is 31.4 Å². The summed E-state index contributed by atoms with van der Waals surface area (Å²) in [6.07, 6.45) is -0.749. The first-order valence-electron chi connectivity index (χ1n) is 10.2. The van der Waals surface area contributed by atoms with Gasteiger partial charge in [0.1, 0.15) is 5.60 Å². The average Bonchev–Trinajstić information content (AvgIpc) is 2.48. The number of alkyl carbamates (subject to hydrolysis) is 1. The number of ether oxygens (including phenoxy) is 2. The van der Waals surface area contributed by atoms with Gasteiger partial charge < -0.3 is 14.8 Å². The van der Waals surface area contributed by atoms with E-state index in [4.69, 9.17) is 18.5 Å². The maximum Gasteiger partial charge on any atom is 0.456 e. The SMILES string of the molecule is CCOP(=O)(/N=C(/OC(C)C)[C@H](C)[C@H](NC(=O)OC(C)(C)C)C(C)(C)C)OCC. The molecule has 0 spiro atoms. The van der Waals surface area contributed by atoms with Crippen LogP contribution in [0.25, 0.3) is 0 Å². The van der Waals surface area contributed by atoms with E-state index in [1.54, 1.807) is 34.6 Å². The molecule has 172 valence electrons. The lowest BCUT2D eigenvalue weighted by Gasteiger charge is -2.37. The Morgan fingerprint density at radius 1 is 1.00 bits per heavy atom. The van der Waals surface area contributed by atoms with Gasteiger partial charge in [-0.3, -0.25) is 9.05 Å². The summed E-state index contributed by atoms with van der Waals surface area (Å²) in [5.74, 6) is -0.208. The number of rotatable bonds is 9. The van der Waals surface area contributed by atoms with Crippen molar-refractivity contribution < 1.29 is 27.9 Å². The first kappa shape index (κ1) is 27.9. The van der Waals surface area contributed by atoms with Crippen LogP contribution in [0, 0.1) is 11.3 Å². The summed E-state index contributed by atoms with van der Waals surface area (Å²) < 4.78 is 39.1. The second-order valence-corrected chi connectivity index (χ2v) is 10.8. The van der Waals surface area contributed by atoms with Gasteiger partial charge in [-0.15, -0.1) is 4.76 Å². The molecular weight excluding hydrogens is 395 g/mol. The lowest BCUT2D eigenvalue weighted by atomic mass is 9.79. The largest absolute Gasteiger partial charge is 0.478 e. The molecule has 1 N–H and O–H groups in total. The van der Waals surface area contributed by atoms with Crippen molar-refractivity contribution >= 4 is 19.7 Å². The molecule has 0 saturated heterocycles. The van der Waals surface area contributed by atoms with Crippen LogP contribution >= 0.6 is 7.75 Å². The quantitative estimate of drug-likeness (QED) is 0.288. The fraction of sp³-hybridized carbons (Fsp3) is 0.900. The predicted octanol–water partition coefficient (Wildman–Crippen LogP) is 5.57. The summed E-state index contributed by atoms with van der Waals surface area (Å²) in [6, 6.07) is -0.411. The standard InChI is InChI=1S/C20H41N2O6P/c1-12-25-29(24,26-13-2)22-17(27-14(3)4)15(5)16(19(6,7)8)21-18(23)28-20(9,10)11/h14-16H,12-13H2,1-11H3,(H,21,23)/b22-17+/t15-,16+/m1/s1. The predicted molar refractivity (Wildman–Crippen MR) is 116 cm³/mol. The molecule has 0 aromatic carbocycles. The molecule has 0 aromatic rings. The van der Waals surface area contributed by atoms with Crippen molar-refractivity contribution in [2.24, 2.45) is 16.1 Å². The van der Waals surface area contributed by atoms with Gasteiger partial charge in [-0.2, -0.15) is 0 Å². The van der Waals surface area contributed by atoms with Gasteiger partial charge in [-0.25, -0.2) is 9.36 Å². The Morgan fingerprint density at radius 3 is 1.83 bits per heavy atom. The molecule has 9 heteroatoms. The smallest absolute Gasteiger partial charge is 0.456 e. The van der Waals surface area contributed by atoms with Crippen LogP contribution < -0.4 is 5.32 Å². The molecule has 8 nitrogen and oxygen atoms in total. The number of hydrogen-bond donors (Lipinski definition) is 1. The maximum atomic E-state index is 13.0.